The maximum absolute atomic E-state index is 12.9. The number of allylic oxidation sites excluding steroid dienone is 1. The van der Waals surface area contributed by atoms with E-state index in [0.29, 0.717) is 26.2 Å². The summed E-state index contributed by atoms with van der Waals surface area (Å²) in [6.45, 7) is 10.8. The summed E-state index contributed by atoms with van der Waals surface area (Å²) in [6.07, 6.45) is 0.752. The van der Waals surface area contributed by atoms with Crippen molar-refractivity contribution in [3.8, 4) is 5.75 Å². The fraction of sp³-hybridized carbons (Fsp3) is 0.407. The lowest BCUT2D eigenvalue weighted by Crippen LogP contribution is -2.51. The Morgan fingerprint density at radius 1 is 1.00 bits per heavy atom. The summed E-state index contributed by atoms with van der Waals surface area (Å²) < 4.78 is 0. The molecular formula is C27H34N4O3. The largest absolute Gasteiger partial charge is 0.508 e. The molecule has 7 heteroatoms. The number of likely N-dealkylation sites (tertiary alicyclic amines) is 1. The van der Waals surface area contributed by atoms with Gasteiger partial charge >= 0.3 is 0 Å². The Morgan fingerprint density at radius 2 is 1.65 bits per heavy atom. The average molecular weight is 463 g/mol. The number of rotatable bonds is 6. The summed E-state index contributed by atoms with van der Waals surface area (Å²) in [7, 11) is 1.76. The van der Waals surface area contributed by atoms with E-state index in [1.54, 1.807) is 36.2 Å². The molecule has 2 saturated heterocycles. The van der Waals surface area contributed by atoms with Crippen molar-refractivity contribution in [1.29, 1.82) is 0 Å². The fourth-order valence-corrected chi connectivity index (χ4v) is 4.72. The number of benzene rings is 2. The van der Waals surface area contributed by atoms with Crippen molar-refractivity contribution in [2.45, 2.75) is 13.3 Å². The molecule has 2 aromatic rings. The molecule has 2 aliphatic rings. The van der Waals surface area contributed by atoms with Crippen LogP contribution in [-0.2, 0) is 9.59 Å². The number of hydrogen-bond donors (Lipinski definition) is 1. The van der Waals surface area contributed by atoms with Crippen LogP contribution in [-0.4, -0.2) is 79.6 Å². The maximum atomic E-state index is 12.9. The highest BCUT2D eigenvalue weighted by molar-refractivity contribution is 5.95. The number of phenolic OH excluding ortho intramolecular Hbond substituents is 1. The van der Waals surface area contributed by atoms with E-state index < -0.39 is 0 Å². The molecular weight excluding hydrogens is 428 g/mol. The van der Waals surface area contributed by atoms with Crippen LogP contribution in [0.3, 0.4) is 0 Å². The molecule has 2 amide bonds. The van der Waals surface area contributed by atoms with Gasteiger partial charge in [-0.05, 0) is 61.9 Å². The molecule has 34 heavy (non-hydrogen) atoms. The van der Waals surface area contributed by atoms with Crippen molar-refractivity contribution in [2.24, 2.45) is 5.92 Å². The summed E-state index contributed by atoms with van der Waals surface area (Å²) >= 11 is 0. The molecule has 2 fully saturated rings. The van der Waals surface area contributed by atoms with Gasteiger partial charge < -0.3 is 19.8 Å². The van der Waals surface area contributed by atoms with Gasteiger partial charge in [-0.3, -0.25) is 14.5 Å². The van der Waals surface area contributed by atoms with Crippen molar-refractivity contribution in [1.82, 2.24) is 9.80 Å². The summed E-state index contributed by atoms with van der Waals surface area (Å²) in [6, 6.07) is 15.1. The van der Waals surface area contributed by atoms with Gasteiger partial charge in [-0.1, -0.05) is 24.3 Å². The third kappa shape index (κ3) is 5.42. The van der Waals surface area contributed by atoms with Gasteiger partial charge in [0.1, 0.15) is 5.75 Å². The third-order valence-electron chi connectivity index (χ3n) is 6.91. The summed E-state index contributed by atoms with van der Waals surface area (Å²) in [4.78, 5) is 33.8. The number of anilines is 2. The van der Waals surface area contributed by atoms with Gasteiger partial charge in [0.25, 0.3) is 0 Å². The molecule has 4 rings (SSSR count). The Hall–Kier alpha value is -3.32. The zero-order valence-corrected chi connectivity index (χ0v) is 20.1. The number of carbonyl (C=O) groups is 2. The lowest BCUT2D eigenvalue weighted by Gasteiger charge is -2.36. The lowest BCUT2D eigenvalue weighted by molar-refractivity contribution is -0.132. The first-order valence-corrected chi connectivity index (χ1v) is 11.9. The SMILES string of the molecule is C=C(C)c1ccc(N2CCN(C(=O)CN3CC[C@@H](C(=O)N(C)c4ccc(O)cc4)C3)CC2)cc1. The van der Waals surface area contributed by atoms with E-state index in [9.17, 15) is 14.7 Å². The van der Waals surface area contributed by atoms with E-state index in [0.717, 1.165) is 42.9 Å². The standard InChI is InChI=1S/C27H34N4O3/c1-20(2)21-4-6-24(7-5-21)30-14-16-31(17-15-30)26(33)19-29-13-12-22(18-29)27(34)28(3)23-8-10-25(32)11-9-23/h4-11,22,32H,1,12-19H2,2-3H3/t22-/m1/s1. The molecule has 0 unspecified atom stereocenters. The monoisotopic (exact) mass is 462 g/mol. The molecule has 0 radical (unpaired) electrons. The van der Waals surface area contributed by atoms with E-state index in [-0.39, 0.29) is 23.5 Å². The minimum Gasteiger partial charge on any atom is -0.508 e. The summed E-state index contributed by atoms with van der Waals surface area (Å²) in [5.41, 5.74) is 4.13. The summed E-state index contributed by atoms with van der Waals surface area (Å²) in [5.74, 6) is 0.242. The number of hydrogen-bond acceptors (Lipinski definition) is 5. The minimum atomic E-state index is -0.120. The van der Waals surface area contributed by atoms with Crippen LogP contribution in [0, 0.1) is 5.92 Å². The van der Waals surface area contributed by atoms with Crippen molar-refractivity contribution in [3.63, 3.8) is 0 Å². The smallest absolute Gasteiger partial charge is 0.236 e. The highest BCUT2D eigenvalue weighted by Gasteiger charge is 2.32. The predicted octanol–water partition coefficient (Wildman–Crippen LogP) is 3.06. The fourth-order valence-electron chi connectivity index (χ4n) is 4.72. The van der Waals surface area contributed by atoms with Crippen LogP contribution in [0.1, 0.15) is 18.9 Å². The van der Waals surface area contributed by atoms with Gasteiger partial charge in [0, 0.05) is 51.1 Å². The number of piperazine rings is 1. The lowest BCUT2D eigenvalue weighted by atomic mass is 10.1. The maximum Gasteiger partial charge on any atom is 0.236 e. The van der Waals surface area contributed by atoms with Gasteiger partial charge in [0.15, 0.2) is 0 Å². The normalized spacial score (nSPS) is 18.7. The van der Waals surface area contributed by atoms with Crippen molar-refractivity contribution in [2.75, 3.05) is 62.7 Å². The first kappa shape index (κ1) is 23.8. The Kier molecular flexibility index (Phi) is 7.22. The molecule has 0 spiro atoms. The van der Waals surface area contributed by atoms with Gasteiger partial charge in [-0.25, -0.2) is 0 Å². The number of aromatic hydroxyl groups is 1. The summed E-state index contributed by atoms with van der Waals surface area (Å²) in [5, 5.41) is 9.46. The van der Waals surface area contributed by atoms with Gasteiger partial charge in [-0.15, -0.1) is 0 Å². The van der Waals surface area contributed by atoms with Crippen LogP contribution in [0.15, 0.2) is 55.1 Å². The van der Waals surface area contributed by atoms with E-state index in [1.165, 1.54) is 5.69 Å². The molecule has 7 nitrogen and oxygen atoms in total. The Labute approximate surface area is 201 Å². The van der Waals surface area contributed by atoms with Crippen LogP contribution in [0.25, 0.3) is 5.57 Å². The predicted molar refractivity (Wildman–Crippen MR) is 136 cm³/mol. The molecule has 0 bridgehead atoms. The number of phenols is 1. The second-order valence-electron chi connectivity index (χ2n) is 9.33. The van der Waals surface area contributed by atoms with Gasteiger partial charge in [0.05, 0.1) is 12.5 Å². The van der Waals surface area contributed by atoms with Crippen LogP contribution < -0.4 is 9.80 Å². The zero-order valence-electron chi connectivity index (χ0n) is 20.1. The quantitative estimate of drug-likeness (QED) is 0.715. The first-order valence-electron chi connectivity index (χ1n) is 11.9. The molecule has 0 aromatic heterocycles. The van der Waals surface area contributed by atoms with Gasteiger partial charge in [-0.2, -0.15) is 0 Å². The number of carbonyl (C=O) groups excluding carboxylic acids is 2. The average Bonchev–Trinajstić information content (AvgIpc) is 3.32. The van der Waals surface area contributed by atoms with Crippen LogP contribution in [0.5, 0.6) is 5.75 Å². The molecule has 2 aliphatic heterocycles. The Bertz CT molecular complexity index is 1030. The molecule has 2 aromatic carbocycles. The van der Waals surface area contributed by atoms with E-state index >= 15 is 0 Å². The Morgan fingerprint density at radius 3 is 2.26 bits per heavy atom. The number of amides is 2. The first-order chi connectivity index (χ1) is 16.3. The molecule has 180 valence electrons. The molecule has 1 atom stereocenters. The van der Waals surface area contributed by atoms with Crippen LogP contribution >= 0.6 is 0 Å². The van der Waals surface area contributed by atoms with E-state index in [1.807, 2.05) is 11.8 Å². The highest BCUT2D eigenvalue weighted by Crippen LogP contribution is 2.24. The minimum absolute atomic E-state index is 0.0481. The third-order valence-corrected chi connectivity index (χ3v) is 6.91. The van der Waals surface area contributed by atoms with Crippen molar-refractivity contribution in [3.05, 3.63) is 60.7 Å². The molecule has 0 saturated carbocycles. The second-order valence-corrected chi connectivity index (χ2v) is 9.33. The molecule has 0 aliphatic carbocycles. The molecule has 2 heterocycles. The highest BCUT2D eigenvalue weighted by atomic mass is 16.3. The van der Waals surface area contributed by atoms with Crippen molar-refractivity contribution < 1.29 is 14.7 Å². The van der Waals surface area contributed by atoms with Crippen LogP contribution in [0.2, 0.25) is 0 Å². The van der Waals surface area contributed by atoms with Gasteiger partial charge in [0.2, 0.25) is 11.8 Å². The number of nitrogens with zero attached hydrogens (tertiary/aromatic N) is 4. The van der Waals surface area contributed by atoms with E-state index in [2.05, 4.69) is 40.6 Å². The Balaban J connectivity index is 1.24. The van der Waals surface area contributed by atoms with E-state index in [4.69, 9.17) is 0 Å². The van der Waals surface area contributed by atoms with Crippen molar-refractivity contribution >= 4 is 28.8 Å². The topological polar surface area (TPSA) is 67.3 Å². The zero-order chi connectivity index (χ0) is 24.2. The van der Waals surface area contributed by atoms with Crippen LogP contribution in [0.4, 0.5) is 11.4 Å². The molecule has 1 N–H and O–H groups in total. The second kappa shape index (κ2) is 10.3.